The van der Waals surface area contributed by atoms with Gasteiger partial charge in [-0.1, -0.05) is 30.3 Å². The maximum Gasteiger partial charge on any atom is 0.140 e. The summed E-state index contributed by atoms with van der Waals surface area (Å²) in [5.41, 5.74) is 2.63. The van der Waals surface area contributed by atoms with Gasteiger partial charge in [-0.2, -0.15) is 5.26 Å². The molecular weight excluding hydrogens is 291 g/mol. The van der Waals surface area contributed by atoms with E-state index in [2.05, 4.69) is 5.32 Å². The first-order valence-corrected chi connectivity index (χ1v) is 7.88. The number of benzene rings is 2. The molecule has 0 bridgehead atoms. The average molecular weight is 310 g/mol. The highest BCUT2D eigenvalue weighted by Gasteiger charge is 2.22. The van der Waals surface area contributed by atoms with Gasteiger partial charge in [-0.3, -0.25) is 0 Å². The van der Waals surface area contributed by atoms with E-state index in [0.29, 0.717) is 0 Å². The Morgan fingerprint density at radius 1 is 1.17 bits per heavy atom. The number of halogens is 1. The van der Waals surface area contributed by atoms with Crippen molar-refractivity contribution in [2.24, 2.45) is 5.92 Å². The summed E-state index contributed by atoms with van der Waals surface area (Å²) in [6.45, 7) is 1.86. The van der Waals surface area contributed by atoms with Gasteiger partial charge < -0.3 is 10.4 Å². The average Bonchev–Trinajstić information content (AvgIpc) is 2.62. The number of piperidine rings is 1. The van der Waals surface area contributed by atoms with Crippen molar-refractivity contribution in [3.8, 4) is 17.2 Å². The van der Waals surface area contributed by atoms with Gasteiger partial charge >= 0.3 is 0 Å². The van der Waals surface area contributed by atoms with E-state index in [4.69, 9.17) is 5.26 Å². The number of aliphatic hydroxyl groups is 1. The van der Waals surface area contributed by atoms with E-state index in [1.807, 2.05) is 30.3 Å². The Morgan fingerprint density at radius 3 is 2.57 bits per heavy atom. The maximum atomic E-state index is 13.4. The number of hydrogen-bond acceptors (Lipinski definition) is 3. The molecule has 0 aromatic heterocycles. The molecule has 2 atom stereocenters. The number of nitriles is 1. The number of hydrogen-bond donors (Lipinski definition) is 2. The van der Waals surface area contributed by atoms with Gasteiger partial charge in [-0.05, 0) is 48.2 Å². The van der Waals surface area contributed by atoms with Crippen molar-refractivity contribution in [1.82, 2.24) is 5.32 Å². The van der Waals surface area contributed by atoms with E-state index in [1.165, 1.54) is 6.07 Å². The molecule has 0 amide bonds. The fourth-order valence-corrected chi connectivity index (χ4v) is 3.08. The third kappa shape index (κ3) is 3.42. The van der Waals surface area contributed by atoms with Crippen LogP contribution in [0.4, 0.5) is 4.39 Å². The molecule has 4 heteroatoms. The Labute approximate surface area is 135 Å². The molecule has 0 radical (unpaired) electrons. The SMILES string of the molecule is N#Cc1cc(-c2ccc(C(O)C3CCCNC3)cc2)ccc1F. The normalized spacial score (nSPS) is 19.1. The summed E-state index contributed by atoms with van der Waals surface area (Å²) < 4.78 is 13.4. The van der Waals surface area contributed by atoms with Crippen LogP contribution in [0.15, 0.2) is 42.5 Å². The molecule has 1 saturated heterocycles. The van der Waals surface area contributed by atoms with Crippen molar-refractivity contribution in [3.63, 3.8) is 0 Å². The fraction of sp³-hybridized carbons (Fsp3) is 0.316. The highest BCUT2D eigenvalue weighted by atomic mass is 19.1. The molecule has 0 saturated carbocycles. The Bertz CT molecular complexity index is 715. The first-order valence-electron chi connectivity index (χ1n) is 7.88. The first kappa shape index (κ1) is 15.7. The third-order valence-corrected chi connectivity index (χ3v) is 4.45. The monoisotopic (exact) mass is 310 g/mol. The second kappa shape index (κ2) is 6.91. The second-order valence-electron chi connectivity index (χ2n) is 5.98. The van der Waals surface area contributed by atoms with E-state index in [0.717, 1.165) is 42.6 Å². The molecule has 1 fully saturated rings. The molecule has 1 heterocycles. The molecule has 0 aliphatic carbocycles. The number of nitrogens with one attached hydrogen (secondary N) is 1. The van der Waals surface area contributed by atoms with Crippen molar-refractivity contribution in [3.05, 3.63) is 59.4 Å². The zero-order chi connectivity index (χ0) is 16.2. The predicted molar refractivity (Wildman–Crippen MR) is 87.1 cm³/mol. The molecule has 2 aromatic carbocycles. The van der Waals surface area contributed by atoms with Crippen LogP contribution in [0.1, 0.15) is 30.1 Å². The molecule has 2 unspecified atom stereocenters. The topological polar surface area (TPSA) is 56.0 Å². The van der Waals surface area contributed by atoms with Gasteiger partial charge in [0.05, 0.1) is 11.7 Å². The smallest absolute Gasteiger partial charge is 0.140 e. The van der Waals surface area contributed by atoms with Crippen molar-refractivity contribution >= 4 is 0 Å². The molecule has 3 nitrogen and oxygen atoms in total. The standard InChI is InChI=1S/C19H19FN2O/c20-18-8-7-15(10-17(18)11-21)13-3-5-14(6-4-13)19(23)16-2-1-9-22-12-16/h3-8,10,16,19,22-23H,1-2,9,12H2. The van der Waals surface area contributed by atoms with Crippen LogP contribution in [0.25, 0.3) is 11.1 Å². The lowest BCUT2D eigenvalue weighted by Crippen LogP contribution is -2.33. The molecule has 0 spiro atoms. The quantitative estimate of drug-likeness (QED) is 0.913. The van der Waals surface area contributed by atoms with Gasteiger partial charge in [-0.25, -0.2) is 4.39 Å². The number of nitrogens with zero attached hydrogens (tertiary/aromatic N) is 1. The number of rotatable bonds is 3. The Hall–Kier alpha value is -2.22. The predicted octanol–water partition coefficient (Wildman–Crippen LogP) is 3.40. The van der Waals surface area contributed by atoms with Crippen LogP contribution in [0.3, 0.4) is 0 Å². The highest BCUT2D eigenvalue weighted by molar-refractivity contribution is 5.65. The van der Waals surface area contributed by atoms with Crippen LogP contribution in [0.2, 0.25) is 0 Å². The minimum atomic E-state index is -0.506. The molecule has 118 valence electrons. The molecule has 3 rings (SSSR count). The van der Waals surface area contributed by atoms with Crippen molar-refractivity contribution in [1.29, 1.82) is 5.26 Å². The lowest BCUT2D eigenvalue weighted by atomic mass is 9.89. The summed E-state index contributed by atoms with van der Waals surface area (Å²) >= 11 is 0. The summed E-state index contributed by atoms with van der Waals surface area (Å²) in [5.74, 6) is -0.265. The van der Waals surface area contributed by atoms with Gasteiger partial charge in [0, 0.05) is 12.5 Å². The summed E-state index contributed by atoms with van der Waals surface area (Å²) in [6, 6.07) is 14.0. The summed E-state index contributed by atoms with van der Waals surface area (Å²) in [4.78, 5) is 0. The van der Waals surface area contributed by atoms with Crippen LogP contribution in [0.5, 0.6) is 0 Å². The van der Waals surface area contributed by atoms with Gasteiger partial charge in [0.15, 0.2) is 0 Å². The number of aliphatic hydroxyl groups excluding tert-OH is 1. The maximum absolute atomic E-state index is 13.4. The summed E-state index contributed by atoms with van der Waals surface area (Å²) in [7, 11) is 0. The molecule has 1 aliphatic rings. The van der Waals surface area contributed by atoms with E-state index in [-0.39, 0.29) is 11.5 Å². The highest BCUT2D eigenvalue weighted by Crippen LogP contribution is 2.29. The van der Waals surface area contributed by atoms with E-state index < -0.39 is 11.9 Å². The fourth-order valence-electron chi connectivity index (χ4n) is 3.08. The lowest BCUT2D eigenvalue weighted by molar-refractivity contribution is 0.0922. The Morgan fingerprint density at radius 2 is 1.91 bits per heavy atom. The molecule has 23 heavy (non-hydrogen) atoms. The van der Waals surface area contributed by atoms with Gasteiger partial charge in [0.2, 0.25) is 0 Å². The van der Waals surface area contributed by atoms with Gasteiger partial charge in [0.1, 0.15) is 11.9 Å². The zero-order valence-electron chi connectivity index (χ0n) is 12.8. The molecule has 2 aromatic rings. The van der Waals surface area contributed by atoms with Gasteiger partial charge in [-0.15, -0.1) is 0 Å². The summed E-state index contributed by atoms with van der Waals surface area (Å²) in [6.07, 6.45) is 1.64. The van der Waals surface area contributed by atoms with Gasteiger partial charge in [0.25, 0.3) is 0 Å². The van der Waals surface area contributed by atoms with Crippen LogP contribution >= 0.6 is 0 Å². The zero-order valence-corrected chi connectivity index (χ0v) is 12.8. The van der Waals surface area contributed by atoms with E-state index in [1.54, 1.807) is 12.1 Å². The minimum Gasteiger partial charge on any atom is -0.388 e. The lowest BCUT2D eigenvalue weighted by Gasteiger charge is -2.27. The van der Waals surface area contributed by atoms with Crippen LogP contribution < -0.4 is 5.32 Å². The van der Waals surface area contributed by atoms with Crippen LogP contribution in [-0.2, 0) is 0 Å². The minimum absolute atomic E-state index is 0.0416. The second-order valence-corrected chi connectivity index (χ2v) is 5.98. The Balaban J connectivity index is 1.80. The summed E-state index contributed by atoms with van der Waals surface area (Å²) in [5, 5.41) is 22.7. The van der Waals surface area contributed by atoms with Crippen LogP contribution in [-0.4, -0.2) is 18.2 Å². The molecule has 2 N–H and O–H groups in total. The van der Waals surface area contributed by atoms with Crippen LogP contribution in [0, 0.1) is 23.1 Å². The molecule has 1 aliphatic heterocycles. The third-order valence-electron chi connectivity index (χ3n) is 4.45. The first-order chi connectivity index (χ1) is 11.2. The van der Waals surface area contributed by atoms with E-state index in [9.17, 15) is 9.50 Å². The van der Waals surface area contributed by atoms with Crippen molar-refractivity contribution in [2.75, 3.05) is 13.1 Å². The van der Waals surface area contributed by atoms with Crippen molar-refractivity contribution in [2.45, 2.75) is 18.9 Å². The van der Waals surface area contributed by atoms with E-state index >= 15 is 0 Å². The Kier molecular flexibility index (Phi) is 4.71. The molecular formula is C19H19FN2O. The largest absolute Gasteiger partial charge is 0.388 e. The van der Waals surface area contributed by atoms with Crippen molar-refractivity contribution < 1.29 is 9.50 Å².